The molecule has 1 aliphatic carbocycles. The van der Waals surface area contributed by atoms with E-state index in [1.165, 1.54) is 0 Å². The van der Waals surface area contributed by atoms with Crippen LogP contribution >= 0.6 is 0 Å². The van der Waals surface area contributed by atoms with E-state index in [9.17, 15) is 13.2 Å². The van der Waals surface area contributed by atoms with E-state index in [1.807, 2.05) is 13.8 Å². The number of allylic oxidation sites excluding steroid dienone is 3. The Kier molecular flexibility index (Phi) is 3.48. The monoisotopic (exact) mass is 317 g/mol. The number of nitrogens with one attached hydrogen (secondary N) is 1. The van der Waals surface area contributed by atoms with Gasteiger partial charge in [-0.1, -0.05) is 38.1 Å². The van der Waals surface area contributed by atoms with Crippen LogP contribution in [0, 0.1) is 11.3 Å². The fraction of sp³-hybridized carbons (Fsp3) is 0.353. The molecule has 0 bridgehead atoms. The number of carbonyl (C=O) groups is 1. The summed E-state index contributed by atoms with van der Waals surface area (Å²) in [5.74, 6) is -0.0802. The summed E-state index contributed by atoms with van der Waals surface area (Å²) in [6, 6.07) is 8.37. The van der Waals surface area contributed by atoms with Crippen LogP contribution in [0.3, 0.4) is 0 Å². The predicted molar refractivity (Wildman–Crippen MR) is 84.7 cm³/mol. The lowest BCUT2D eigenvalue weighted by Crippen LogP contribution is -2.48. The molecule has 1 N–H and O–H groups in total. The molecule has 2 aliphatic rings. The van der Waals surface area contributed by atoms with Crippen LogP contribution in [-0.2, 0) is 14.6 Å². The van der Waals surface area contributed by atoms with E-state index < -0.39 is 15.3 Å². The molecule has 1 saturated heterocycles. The quantitative estimate of drug-likeness (QED) is 0.910. The normalized spacial score (nSPS) is 23.9. The molecule has 0 saturated carbocycles. The third-order valence-electron chi connectivity index (χ3n) is 4.31. The van der Waals surface area contributed by atoms with E-state index in [0.29, 0.717) is 13.0 Å². The van der Waals surface area contributed by atoms with Gasteiger partial charge in [-0.2, -0.15) is 0 Å². The zero-order chi connectivity index (χ0) is 16.0. The van der Waals surface area contributed by atoms with Gasteiger partial charge in [-0.05, 0) is 24.6 Å². The predicted octanol–water partition coefficient (Wildman–Crippen LogP) is 2.45. The maximum atomic E-state index is 12.6. The summed E-state index contributed by atoms with van der Waals surface area (Å²) in [5, 5.41) is 3.23. The van der Waals surface area contributed by atoms with Gasteiger partial charge in [-0.3, -0.25) is 4.79 Å². The Labute approximate surface area is 130 Å². The summed E-state index contributed by atoms with van der Waals surface area (Å²) in [6.07, 6.45) is 3.71. The second-order valence-electron chi connectivity index (χ2n) is 6.41. The standard InChI is InChI=1S/C17H19NO3S/c1-17(2)11-18-15-10-13(8-9-14(15)16(17)19)22(20,21)12-6-4-3-5-7-12/h3-8,10,14,18H,9,11H2,1-2H3. The molecular weight excluding hydrogens is 298 g/mol. The van der Waals surface area contributed by atoms with Crippen LogP contribution in [-0.4, -0.2) is 20.7 Å². The number of hydrogen-bond donors (Lipinski definition) is 1. The molecule has 22 heavy (non-hydrogen) atoms. The third-order valence-corrected chi connectivity index (χ3v) is 6.11. The summed E-state index contributed by atoms with van der Waals surface area (Å²) in [7, 11) is -3.53. The lowest BCUT2D eigenvalue weighted by atomic mass is 9.74. The second kappa shape index (κ2) is 5.09. The summed E-state index contributed by atoms with van der Waals surface area (Å²) < 4.78 is 25.3. The van der Waals surface area contributed by atoms with Crippen molar-refractivity contribution >= 4 is 15.6 Å². The van der Waals surface area contributed by atoms with Crippen LogP contribution in [0.15, 0.2) is 58.0 Å². The number of ketones is 1. The van der Waals surface area contributed by atoms with Gasteiger partial charge >= 0.3 is 0 Å². The maximum absolute atomic E-state index is 12.6. The molecule has 0 amide bonds. The van der Waals surface area contributed by atoms with Gasteiger partial charge in [-0.15, -0.1) is 0 Å². The number of carbonyl (C=O) groups excluding carboxylic acids is 1. The molecule has 0 spiro atoms. The molecule has 1 atom stereocenters. The minimum atomic E-state index is -3.53. The van der Waals surface area contributed by atoms with Crippen LogP contribution in [0.4, 0.5) is 0 Å². The SMILES string of the molecule is CC1(C)CNC2=CC(S(=O)(=O)c3ccccc3)=CCC2C1=O. The van der Waals surface area contributed by atoms with Crippen LogP contribution < -0.4 is 5.32 Å². The van der Waals surface area contributed by atoms with E-state index in [-0.39, 0.29) is 21.5 Å². The zero-order valence-electron chi connectivity index (χ0n) is 12.7. The van der Waals surface area contributed by atoms with Gasteiger partial charge in [0.1, 0.15) is 5.78 Å². The van der Waals surface area contributed by atoms with Crippen molar-refractivity contribution in [1.29, 1.82) is 0 Å². The lowest BCUT2D eigenvalue weighted by molar-refractivity contribution is -0.131. The maximum Gasteiger partial charge on any atom is 0.206 e. The third kappa shape index (κ3) is 2.39. The van der Waals surface area contributed by atoms with Crippen molar-refractivity contribution in [2.75, 3.05) is 6.54 Å². The topological polar surface area (TPSA) is 63.2 Å². The van der Waals surface area contributed by atoms with Gasteiger partial charge in [0.15, 0.2) is 0 Å². The number of rotatable bonds is 2. The number of benzene rings is 1. The molecule has 1 aromatic rings. The Morgan fingerprint density at radius 2 is 1.86 bits per heavy atom. The molecular formula is C17H19NO3S. The van der Waals surface area contributed by atoms with Crippen molar-refractivity contribution in [2.24, 2.45) is 11.3 Å². The second-order valence-corrected chi connectivity index (χ2v) is 8.36. The molecule has 116 valence electrons. The molecule has 0 aromatic heterocycles. The fourth-order valence-corrected chi connectivity index (χ4v) is 4.29. The zero-order valence-corrected chi connectivity index (χ0v) is 13.5. The number of Topliss-reactive ketones (excluding diaryl/α,β-unsaturated/α-hetero) is 1. The summed E-state index contributed by atoms with van der Waals surface area (Å²) in [5.41, 5.74) is 0.312. The van der Waals surface area contributed by atoms with Crippen molar-refractivity contribution in [3.05, 3.63) is 53.1 Å². The molecule has 1 aromatic carbocycles. The highest BCUT2D eigenvalue weighted by Crippen LogP contribution is 2.36. The number of piperidine rings is 1. The fourth-order valence-electron chi connectivity index (χ4n) is 2.90. The van der Waals surface area contributed by atoms with Gasteiger partial charge in [0.25, 0.3) is 0 Å². The van der Waals surface area contributed by atoms with Crippen LogP contribution in [0.2, 0.25) is 0 Å². The first kappa shape index (κ1) is 15.0. The Bertz CT molecular complexity index is 773. The molecule has 4 nitrogen and oxygen atoms in total. The molecule has 1 heterocycles. The Morgan fingerprint density at radius 3 is 2.55 bits per heavy atom. The van der Waals surface area contributed by atoms with Gasteiger partial charge in [0.05, 0.1) is 15.7 Å². The first-order valence-corrected chi connectivity index (χ1v) is 8.81. The lowest BCUT2D eigenvalue weighted by Gasteiger charge is -2.37. The summed E-state index contributed by atoms with van der Waals surface area (Å²) >= 11 is 0. The van der Waals surface area contributed by atoms with Crippen molar-refractivity contribution in [3.63, 3.8) is 0 Å². The minimum absolute atomic E-state index is 0.171. The van der Waals surface area contributed by atoms with Gasteiger partial charge in [0.2, 0.25) is 9.84 Å². The van der Waals surface area contributed by atoms with Crippen LogP contribution in [0.25, 0.3) is 0 Å². The van der Waals surface area contributed by atoms with Crippen molar-refractivity contribution in [3.8, 4) is 0 Å². The molecule has 0 radical (unpaired) electrons. The molecule has 1 unspecified atom stereocenters. The largest absolute Gasteiger partial charge is 0.387 e. The average molecular weight is 317 g/mol. The van der Waals surface area contributed by atoms with Crippen molar-refractivity contribution in [2.45, 2.75) is 25.2 Å². The molecule has 5 heteroatoms. The van der Waals surface area contributed by atoms with E-state index in [1.54, 1.807) is 42.5 Å². The number of sulfone groups is 1. The first-order chi connectivity index (χ1) is 10.3. The van der Waals surface area contributed by atoms with E-state index in [0.717, 1.165) is 5.70 Å². The van der Waals surface area contributed by atoms with Crippen molar-refractivity contribution < 1.29 is 13.2 Å². The molecule has 1 fully saturated rings. The molecule has 3 rings (SSSR count). The number of fused-ring (bicyclic) bond motifs is 1. The summed E-state index contributed by atoms with van der Waals surface area (Å²) in [6.45, 7) is 4.37. The van der Waals surface area contributed by atoms with Gasteiger partial charge in [-0.25, -0.2) is 8.42 Å². The highest BCUT2D eigenvalue weighted by atomic mass is 32.2. The number of hydrogen-bond acceptors (Lipinski definition) is 4. The van der Waals surface area contributed by atoms with E-state index in [4.69, 9.17) is 0 Å². The average Bonchev–Trinajstić information content (AvgIpc) is 2.52. The molecule has 1 aliphatic heterocycles. The minimum Gasteiger partial charge on any atom is -0.387 e. The van der Waals surface area contributed by atoms with E-state index >= 15 is 0 Å². The Hall–Kier alpha value is -1.88. The highest BCUT2D eigenvalue weighted by Gasteiger charge is 2.41. The first-order valence-electron chi connectivity index (χ1n) is 7.32. The van der Waals surface area contributed by atoms with Gasteiger partial charge < -0.3 is 5.32 Å². The van der Waals surface area contributed by atoms with Crippen molar-refractivity contribution in [1.82, 2.24) is 5.32 Å². The van der Waals surface area contributed by atoms with E-state index in [2.05, 4.69) is 5.32 Å². The Morgan fingerprint density at radius 1 is 1.18 bits per heavy atom. The Balaban J connectivity index is 1.95. The van der Waals surface area contributed by atoms with Gasteiger partial charge in [0, 0.05) is 17.7 Å². The summed E-state index contributed by atoms with van der Waals surface area (Å²) in [4.78, 5) is 13.0. The van der Waals surface area contributed by atoms with Crippen LogP contribution in [0.1, 0.15) is 20.3 Å². The van der Waals surface area contributed by atoms with Crippen LogP contribution in [0.5, 0.6) is 0 Å². The smallest absolute Gasteiger partial charge is 0.206 e. The highest BCUT2D eigenvalue weighted by molar-refractivity contribution is 7.95.